The lowest BCUT2D eigenvalue weighted by Crippen LogP contribution is -2.42. The molecule has 140 valence electrons. The number of carbonyl (C=O) groups excluding carboxylic acids is 1. The number of ether oxygens (including phenoxy) is 1. The molecule has 0 unspecified atom stereocenters. The van der Waals surface area contributed by atoms with Gasteiger partial charge in [0.1, 0.15) is 5.82 Å². The van der Waals surface area contributed by atoms with Crippen molar-refractivity contribution < 1.29 is 9.53 Å². The lowest BCUT2D eigenvalue weighted by atomic mass is 9.97. The van der Waals surface area contributed by atoms with E-state index in [0.717, 1.165) is 37.3 Å². The number of methoxy groups -OCH3 is 1. The van der Waals surface area contributed by atoms with Crippen LogP contribution in [0.5, 0.6) is 0 Å². The SMILES string of the molecule is COCCn1ccnc1[C@H]1CCCN(C(=O)Nc2ccc(C)c(Cl)c2)C1. The molecule has 1 aromatic heterocycles. The fourth-order valence-electron chi connectivity index (χ4n) is 3.30. The number of aromatic nitrogens is 2. The molecule has 1 saturated heterocycles. The molecule has 26 heavy (non-hydrogen) atoms. The predicted octanol–water partition coefficient (Wildman–Crippen LogP) is 3.90. The molecule has 1 atom stereocenters. The zero-order chi connectivity index (χ0) is 18.5. The molecule has 2 heterocycles. The summed E-state index contributed by atoms with van der Waals surface area (Å²) in [6.45, 7) is 4.77. The number of aryl methyl sites for hydroxylation is 1. The first-order valence-electron chi connectivity index (χ1n) is 8.90. The van der Waals surface area contributed by atoms with Gasteiger partial charge in [0.2, 0.25) is 0 Å². The number of hydrogen-bond acceptors (Lipinski definition) is 3. The normalized spacial score (nSPS) is 17.3. The van der Waals surface area contributed by atoms with Crippen LogP contribution in [0.3, 0.4) is 0 Å². The van der Waals surface area contributed by atoms with Crippen molar-refractivity contribution in [2.45, 2.75) is 32.2 Å². The van der Waals surface area contributed by atoms with Gasteiger partial charge in [-0.2, -0.15) is 0 Å². The number of hydrogen-bond donors (Lipinski definition) is 1. The molecular formula is C19H25ClN4O2. The summed E-state index contributed by atoms with van der Waals surface area (Å²) < 4.78 is 7.29. The van der Waals surface area contributed by atoms with Gasteiger partial charge in [0.05, 0.1) is 6.61 Å². The van der Waals surface area contributed by atoms with Crippen LogP contribution in [-0.4, -0.2) is 47.3 Å². The fourth-order valence-corrected chi connectivity index (χ4v) is 3.49. The molecule has 3 rings (SSSR count). The van der Waals surface area contributed by atoms with Crippen LogP contribution in [0.1, 0.15) is 30.1 Å². The summed E-state index contributed by atoms with van der Waals surface area (Å²) in [6.07, 6.45) is 5.79. The van der Waals surface area contributed by atoms with E-state index in [0.29, 0.717) is 23.9 Å². The Balaban J connectivity index is 1.65. The van der Waals surface area contributed by atoms with E-state index in [1.54, 1.807) is 13.2 Å². The van der Waals surface area contributed by atoms with E-state index in [-0.39, 0.29) is 11.9 Å². The van der Waals surface area contributed by atoms with E-state index in [4.69, 9.17) is 16.3 Å². The van der Waals surface area contributed by atoms with E-state index < -0.39 is 0 Å². The average Bonchev–Trinajstić information content (AvgIpc) is 3.11. The minimum absolute atomic E-state index is 0.0929. The van der Waals surface area contributed by atoms with Crippen molar-refractivity contribution in [3.05, 3.63) is 47.0 Å². The van der Waals surface area contributed by atoms with Gasteiger partial charge in [-0.3, -0.25) is 0 Å². The van der Waals surface area contributed by atoms with E-state index in [1.165, 1.54) is 0 Å². The molecule has 1 aliphatic rings. The number of likely N-dealkylation sites (tertiary alicyclic amines) is 1. The molecule has 1 fully saturated rings. The van der Waals surface area contributed by atoms with Crippen LogP contribution < -0.4 is 5.32 Å². The average molecular weight is 377 g/mol. The third-order valence-electron chi connectivity index (χ3n) is 4.78. The summed E-state index contributed by atoms with van der Waals surface area (Å²) >= 11 is 6.15. The maximum atomic E-state index is 12.7. The first kappa shape index (κ1) is 18.7. The molecule has 0 bridgehead atoms. The lowest BCUT2D eigenvalue weighted by Gasteiger charge is -2.32. The number of halogens is 1. The van der Waals surface area contributed by atoms with E-state index >= 15 is 0 Å². The third-order valence-corrected chi connectivity index (χ3v) is 5.19. The van der Waals surface area contributed by atoms with Crippen LogP contribution in [0.15, 0.2) is 30.6 Å². The minimum Gasteiger partial charge on any atom is -0.383 e. The number of anilines is 1. The maximum absolute atomic E-state index is 12.7. The van der Waals surface area contributed by atoms with Gasteiger partial charge in [-0.25, -0.2) is 9.78 Å². The number of piperidine rings is 1. The standard InChI is InChI=1S/C19H25ClN4O2/c1-14-5-6-16(12-17(14)20)22-19(25)24-8-3-4-15(13-24)18-21-7-9-23(18)10-11-26-2/h5-7,9,12,15H,3-4,8,10-11,13H2,1-2H3,(H,22,25)/t15-/m0/s1. The second-order valence-electron chi connectivity index (χ2n) is 6.65. The van der Waals surface area contributed by atoms with Crippen molar-refractivity contribution in [3.8, 4) is 0 Å². The molecule has 1 aliphatic heterocycles. The smallest absolute Gasteiger partial charge is 0.321 e. The van der Waals surface area contributed by atoms with Crippen molar-refractivity contribution >= 4 is 23.3 Å². The number of rotatable bonds is 5. The number of urea groups is 1. The quantitative estimate of drug-likeness (QED) is 0.860. The van der Waals surface area contributed by atoms with Crippen molar-refractivity contribution in [2.24, 2.45) is 0 Å². The number of nitrogens with zero attached hydrogens (tertiary/aromatic N) is 3. The Kier molecular flexibility index (Phi) is 6.16. The highest BCUT2D eigenvalue weighted by Crippen LogP contribution is 2.27. The summed E-state index contributed by atoms with van der Waals surface area (Å²) in [5, 5.41) is 3.60. The molecule has 0 radical (unpaired) electrons. The van der Waals surface area contributed by atoms with Gasteiger partial charge in [-0.1, -0.05) is 17.7 Å². The Labute approximate surface area is 159 Å². The van der Waals surface area contributed by atoms with Crippen LogP contribution >= 0.6 is 11.6 Å². The van der Waals surface area contributed by atoms with Crippen molar-refractivity contribution in [1.82, 2.24) is 14.5 Å². The molecule has 2 amide bonds. The van der Waals surface area contributed by atoms with Gasteiger partial charge in [0.25, 0.3) is 0 Å². The van der Waals surface area contributed by atoms with Crippen LogP contribution in [0.2, 0.25) is 5.02 Å². The second-order valence-corrected chi connectivity index (χ2v) is 7.06. The highest BCUT2D eigenvalue weighted by molar-refractivity contribution is 6.31. The maximum Gasteiger partial charge on any atom is 0.321 e. The highest BCUT2D eigenvalue weighted by Gasteiger charge is 2.27. The Morgan fingerprint density at radius 2 is 2.31 bits per heavy atom. The molecule has 1 aromatic carbocycles. The van der Waals surface area contributed by atoms with Crippen LogP contribution in [0.25, 0.3) is 0 Å². The minimum atomic E-state index is -0.0929. The van der Waals surface area contributed by atoms with E-state index in [1.807, 2.05) is 36.4 Å². The molecule has 0 spiro atoms. The summed E-state index contributed by atoms with van der Waals surface area (Å²) in [7, 11) is 1.70. The lowest BCUT2D eigenvalue weighted by molar-refractivity contribution is 0.179. The second kappa shape index (κ2) is 8.56. The summed E-state index contributed by atoms with van der Waals surface area (Å²) in [5.74, 6) is 1.26. The Morgan fingerprint density at radius 1 is 1.46 bits per heavy atom. The highest BCUT2D eigenvalue weighted by atomic mass is 35.5. The summed E-state index contributed by atoms with van der Waals surface area (Å²) in [6, 6.07) is 5.47. The van der Waals surface area contributed by atoms with Gasteiger partial charge < -0.3 is 19.5 Å². The van der Waals surface area contributed by atoms with Crippen molar-refractivity contribution in [1.29, 1.82) is 0 Å². The Morgan fingerprint density at radius 3 is 3.08 bits per heavy atom. The molecule has 2 aromatic rings. The summed E-state index contributed by atoms with van der Waals surface area (Å²) in [5.41, 5.74) is 1.71. The first-order valence-corrected chi connectivity index (χ1v) is 9.28. The Hall–Kier alpha value is -2.05. The monoisotopic (exact) mass is 376 g/mol. The fraction of sp³-hybridized carbons (Fsp3) is 0.474. The molecular weight excluding hydrogens is 352 g/mol. The molecule has 6 nitrogen and oxygen atoms in total. The molecule has 0 aliphatic carbocycles. The van der Waals surface area contributed by atoms with E-state index in [2.05, 4.69) is 14.9 Å². The summed E-state index contributed by atoms with van der Waals surface area (Å²) in [4.78, 5) is 19.0. The molecule has 7 heteroatoms. The van der Waals surface area contributed by atoms with Gasteiger partial charge in [0, 0.05) is 55.8 Å². The van der Waals surface area contributed by atoms with E-state index in [9.17, 15) is 4.79 Å². The molecule has 0 saturated carbocycles. The molecule has 1 N–H and O–H groups in total. The number of nitrogens with one attached hydrogen (secondary N) is 1. The zero-order valence-corrected chi connectivity index (χ0v) is 16.0. The van der Waals surface area contributed by atoms with Gasteiger partial charge >= 0.3 is 6.03 Å². The van der Waals surface area contributed by atoms with Crippen LogP contribution in [0, 0.1) is 6.92 Å². The van der Waals surface area contributed by atoms with Gasteiger partial charge in [-0.05, 0) is 37.5 Å². The number of benzene rings is 1. The predicted molar refractivity (Wildman–Crippen MR) is 103 cm³/mol. The van der Waals surface area contributed by atoms with Crippen molar-refractivity contribution in [2.75, 3.05) is 32.1 Å². The Bertz CT molecular complexity index is 762. The number of amides is 2. The number of imidazole rings is 1. The first-order chi connectivity index (χ1) is 12.6. The van der Waals surface area contributed by atoms with Gasteiger partial charge in [0.15, 0.2) is 0 Å². The number of carbonyl (C=O) groups is 1. The zero-order valence-electron chi connectivity index (χ0n) is 15.2. The van der Waals surface area contributed by atoms with Crippen molar-refractivity contribution in [3.63, 3.8) is 0 Å². The van der Waals surface area contributed by atoms with Crippen LogP contribution in [0.4, 0.5) is 10.5 Å². The largest absolute Gasteiger partial charge is 0.383 e. The van der Waals surface area contributed by atoms with Crippen LogP contribution in [-0.2, 0) is 11.3 Å². The van der Waals surface area contributed by atoms with Gasteiger partial charge in [-0.15, -0.1) is 0 Å². The third kappa shape index (κ3) is 4.37. The topological polar surface area (TPSA) is 59.4 Å².